The van der Waals surface area contributed by atoms with Crippen LogP contribution in [0.5, 0.6) is 0 Å². The van der Waals surface area contributed by atoms with E-state index >= 15 is 0 Å². The fourth-order valence-corrected chi connectivity index (χ4v) is 2.57. The van der Waals surface area contributed by atoms with E-state index < -0.39 is 0 Å². The number of hydrogen-bond acceptors (Lipinski definition) is 4. The first kappa shape index (κ1) is 13.1. The molecule has 0 saturated heterocycles. The monoisotopic (exact) mass is 261 g/mol. The smallest absolute Gasteiger partial charge is 0.0564 e. The van der Waals surface area contributed by atoms with Gasteiger partial charge in [0.25, 0.3) is 0 Å². The Hall–Kier alpha value is -1.39. The highest BCUT2D eigenvalue weighted by Gasteiger charge is 2.04. The van der Waals surface area contributed by atoms with Crippen LogP contribution < -0.4 is 5.32 Å². The zero-order valence-corrected chi connectivity index (χ0v) is 11.7. The number of anilines is 1. The Morgan fingerprint density at radius 1 is 1.33 bits per heavy atom. The first-order valence-electron chi connectivity index (χ1n) is 6.16. The Bertz CT molecular complexity index is 468. The van der Waals surface area contributed by atoms with Crippen molar-refractivity contribution in [3.63, 3.8) is 0 Å². The Morgan fingerprint density at radius 2 is 2.22 bits per heavy atom. The summed E-state index contributed by atoms with van der Waals surface area (Å²) in [5.74, 6) is 0. The van der Waals surface area contributed by atoms with Gasteiger partial charge in [-0.3, -0.25) is 9.88 Å². The van der Waals surface area contributed by atoms with Gasteiger partial charge in [-0.2, -0.15) is 11.3 Å². The highest BCUT2D eigenvalue weighted by molar-refractivity contribution is 7.07. The molecule has 1 N–H and O–H groups in total. The average Bonchev–Trinajstić information content (AvgIpc) is 2.82. The van der Waals surface area contributed by atoms with Crippen molar-refractivity contribution in [2.75, 3.05) is 18.9 Å². The first-order chi connectivity index (χ1) is 8.78. The number of pyridine rings is 1. The number of nitrogens with zero attached hydrogens (tertiary/aromatic N) is 2. The van der Waals surface area contributed by atoms with Gasteiger partial charge < -0.3 is 5.32 Å². The minimum absolute atomic E-state index is 0.870. The van der Waals surface area contributed by atoms with Crippen LogP contribution in [0.1, 0.15) is 18.2 Å². The largest absolute Gasteiger partial charge is 0.385 e. The Morgan fingerprint density at radius 3 is 2.94 bits per heavy atom. The van der Waals surface area contributed by atoms with Crippen LogP contribution in [0.15, 0.2) is 35.2 Å². The van der Waals surface area contributed by atoms with E-state index in [2.05, 4.69) is 52.1 Å². The maximum atomic E-state index is 4.41. The number of rotatable bonds is 6. The molecule has 0 aliphatic heterocycles. The van der Waals surface area contributed by atoms with Gasteiger partial charge in [-0.1, -0.05) is 0 Å². The standard InChI is InChI=1S/C14H19N3S/c1-3-15-13-4-6-16-14(8-13)10-17(2)9-12-5-7-18-11-12/h4-8,11H,3,9-10H2,1-2H3,(H,15,16). The van der Waals surface area contributed by atoms with Crippen molar-refractivity contribution in [2.45, 2.75) is 20.0 Å². The van der Waals surface area contributed by atoms with Crippen molar-refractivity contribution in [3.8, 4) is 0 Å². The summed E-state index contributed by atoms with van der Waals surface area (Å²) in [6.45, 7) is 4.88. The molecule has 2 rings (SSSR count). The van der Waals surface area contributed by atoms with Gasteiger partial charge >= 0.3 is 0 Å². The second-order valence-electron chi connectivity index (χ2n) is 4.37. The van der Waals surface area contributed by atoms with Gasteiger partial charge in [0.1, 0.15) is 0 Å². The zero-order chi connectivity index (χ0) is 12.8. The number of aromatic nitrogens is 1. The number of nitrogens with one attached hydrogen (secondary N) is 1. The van der Waals surface area contributed by atoms with E-state index in [1.165, 1.54) is 5.56 Å². The summed E-state index contributed by atoms with van der Waals surface area (Å²) in [6.07, 6.45) is 1.87. The lowest BCUT2D eigenvalue weighted by Crippen LogP contribution is -2.17. The Balaban J connectivity index is 1.93. The summed E-state index contributed by atoms with van der Waals surface area (Å²) in [6, 6.07) is 6.29. The molecule has 3 nitrogen and oxygen atoms in total. The van der Waals surface area contributed by atoms with Gasteiger partial charge in [0.2, 0.25) is 0 Å². The lowest BCUT2D eigenvalue weighted by molar-refractivity contribution is 0.315. The van der Waals surface area contributed by atoms with Gasteiger partial charge in [-0.05, 0) is 48.5 Å². The molecule has 0 saturated carbocycles. The molecule has 96 valence electrons. The minimum Gasteiger partial charge on any atom is -0.385 e. The maximum absolute atomic E-state index is 4.41. The molecular formula is C14H19N3S. The van der Waals surface area contributed by atoms with E-state index in [9.17, 15) is 0 Å². The van der Waals surface area contributed by atoms with Gasteiger partial charge in [0, 0.05) is 31.5 Å². The van der Waals surface area contributed by atoms with Crippen molar-refractivity contribution in [1.82, 2.24) is 9.88 Å². The molecule has 0 aliphatic carbocycles. The molecule has 2 aromatic heterocycles. The van der Waals surface area contributed by atoms with Crippen LogP contribution in [0.25, 0.3) is 0 Å². The molecule has 0 amide bonds. The number of thiophene rings is 1. The molecule has 4 heteroatoms. The Kier molecular flexibility index (Phi) is 4.73. The normalized spacial score (nSPS) is 10.8. The minimum atomic E-state index is 0.870. The topological polar surface area (TPSA) is 28.2 Å². The molecule has 0 fully saturated rings. The third-order valence-corrected chi connectivity index (χ3v) is 3.39. The van der Waals surface area contributed by atoms with Crippen LogP contribution in [0, 0.1) is 0 Å². The first-order valence-corrected chi connectivity index (χ1v) is 7.10. The second-order valence-corrected chi connectivity index (χ2v) is 5.15. The molecule has 0 atom stereocenters. The molecule has 0 aliphatic rings. The van der Waals surface area contributed by atoms with E-state index in [0.29, 0.717) is 0 Å². The van der Waals surface area contributed by atoms with Gasteiger partial charge in [0.05, 0.1) is 5.69 Å². The molecule has 0 unspecified atom stereocenters. The fraction of sp³-hybridized carbons (Fsp3) is 0.357. The van der Waals surface area contributed by atoms with Gasteiger partial charge in [-0.25, -0.2) is 0 Å². The van der Waals surface area contributed by atoms with Crippen molar-refractivity contribution >= 4 is 17.0 Å². The van der Waals surface area contributed by atoms with Crippen molar-refractivity contribution in [3.05, 3.63) is 46.4 Å². The second kappa shape index (κ2) is 6.52. The molecule has 0 aromatic carbocycles. The lowest BCUT2D eigenvalue weighted by Gasteiger charge is -2.15. The van der Waals surface area contributed by atoms with E-state index in [1.54, 1.807) is 11.3 Å². The van der Waals surface area contributed by atoms with E-state index in [4.69, 9.17) is 0 Å². The third kappa shape index (κ3) is 3.82. The van der Waals surface area contributed by atoms with Crippen LogP contribution in [-0.4, -0.2) is 23.5 Å². The Labute approximate surface area is 112 Å². The van der Waals surface area contributed by atoms with E-state index in [1.807, 2.05) is 12.3 Å². The summed E-state index contributed by atoms with van der Waals surface area (Å²) < 4.78 is 0. The molecular weight excluding hydrogens is 242 g/mol. The SMILES string of the molecule is CCNc1ccnc(CN(C)Cc2ccsc2)c1. The van der Waals surface area contributed by atoms with Crippen LogP contribution >= 0.6 is 11.3 Å². The van der Waals surface area contributed by atoms with Crippen molar-refractivity contribution in [2.24, 2.45) is 0 Å². The predicted molar refractivity (Wildman–Crippen MR) is 77.9 cm³/mol. The van der Waals surface area contributed by atoms with Crippen LogP contribution in [0.3, 0.4) is 0 Å². The highest BCUT2D eigenvalue weighted by Crippen LogP contribution is 2.12. The van der Waals surface area contributed by atoms with Crippen molar-refractivity contribution < 1.29 is 0 Å². The molecule has 2 aromatic rings. The third-order valence-electron chi connectivity index (χ3n) is 2.66. The summed E-state index contributed by atoms with van der Waals surface area (Å²) in [5, 5.41) is 7.62. The quantitative estimate of drug-likeness (QED) is 0.865. The molecule has 2 heterocycles. The summed E-state index contributed by atoms with van der Waals surface area (Å²) in [5.41, 5.74) is 3.61. The van der Waals surface area contributed by atoms with Crippen LogP contribution in [0.2, 0.25) is 0 Å². The summed E-state index contributed by atoms with van der Waals surface area (Å²) in [7, 11) is 2.12. The lowest BCUT2D eigenvalue weighted by atomic mass is 10.2. The molecule has 0 bridgehead atoms. The van der Waals surface area contributed by atoms with E-state index in [0.717, 1.165) is 31.0 Å². The number of hydrogen-bond donors (Lipinski definition) is 1. The van der Waals surface area contributed by atoms with Gasteiger partial charge in [-0.15, -0.1) is 0 Å². The van der Waals surface area contributed by atoms with Crippen LogP contribution in [-0.2, 0) is 13.1 Å². The molecule has 18 heavy (non-hydrogen) atoms. The summed E-state index contributed by atoms with van der Waals surface area (Å²) >= 11 is 1.74. The average molecular weight is 261 g/mol. The highest BCUT2D eigenvalue weighted by atomic mass is 32.1. The zero-order valence-electron chi connectivity index (χ0n) is 10.9. The maximum Gasteiger partial charge on any atom is 0.0564 e. The fourth-order valence-electron chi connectivity index (χ4n) is 1.91. The molecule has 0 radical (unpaired) electrons. The van der Waals surface area contributed by atoms with Crippen molar-refractivity contribution in [1.29, 1.82) is 0 Å². The molecule has 0 spiro atoms. The van der Waals surface area contributed by atoms with Gasteiger partial charge in [0.15, 0.2) is 0 Å². The predicted octanol–water partition coefficient (Wildman–Crippen LogP) is 3.21. The summed E-state index contributed by atoms with van der Waals surface area (Å²) in [4.78, 5) is 6.69. The van der Waals surface area contributed by atoms with Crippen LogP contribution in [0.4, 0.5) is 5.69 Å². The van der Waals surface area contributed by atoms with E-state index in [-0.39, 0.29) is 0 Å².